The molecular weight excluding hydrogens is 180 g/mol. The van der Waals surface area contributed by atoms with Crippen LogP contribution in [0.3, 0.4) is 0 Å². The van der Waals surface area contributed by atoms with Crippen LogP contribution < -0.4 is 11.5 Å². The first-order valence-corrected chi connectivity index (χ1v) is 4.33. The van der Waals surface area contributed by atoms with Crippen molar-refractivity contribution in [3.8, 4) is 0 Å². The van der Waals surface area contributed by atoms with Gasteiger partial charge in [-0.2, -0.15) is 0 Å². The number of nitrogens with two attached hydrogens (primary N) is 2. The van der Waals surface area contributed by atoms with Crippen molar-refractivity contribution in [3.63, 3.8) is 0 Å². The Labute approximate surface area is 82.8 Å². The second-order valence-electron chi connectivity index (χ2n) is 2.92. The van der Waals surface area contributed by atoms with E-state index in [0.29, 0.717) is 12.1 Å². The standard InChI is InChI=1S/C10H14N2O2/c1-14-10(13)8-5-3-2-4-7(8)9(12)6-11/h2-5,9H,6,11-12H2,1H3. The number of hydrogen-bond acceptors (Lipinski definition) is 4. The van der Waals surface area contributed by atoms with Gasteiger partial charge in [-0.15, -0.1) is 0 Å². The normalized spacial score (nSPS) is 12.2. The molecule has 76 valence electrons. The molecule has 0 bridgehead atoms. The molecule has 1 aromatic rings. The van der Waals surface area contributed by atoms with Crippen LogP contribution >= 0.6 is 0 Å². The van der Waals surface area contributed by atoms with Gasteiger partial charge in [-0.1, -0.05) is 18.2 Å². The highest BCUT2D eigenvalue weighted by Crippen LogP contribution is 2.15. The van der Waals surface area contributed by atoms with Crippen molar-refractivity contribution in [3.05, 3.63) is 35.4 Å². The van der Waals surface area contributed by atoms with Gasteiger partial charge in [0.1, 0.15) is 0 Å². The molecular formula is C10H14N2O2. The van der Waals surface area contributed by atoms with E-state index in [9.17, 15) is 4.79 Å². The summed E-state index contributed by atoms with van der Waals surface area (Å²) in [6, 6.07) is 6.71. The molecule has 0 fully saturated rings. The third kappa shape index (κ3) is 2.10. The van der Waals surface area contributed by atoms with Crippen LogP contribution in [0.1, 0.15) is 22.0 Å². The van der Waals surface area contributed by atoms with Crippen LogP contribution in [0.5, 0.6) is 0 Å². The predicted molar refractivity (Wildman–Crippen MR) is 53.8 cm³/mol. The molecule has 1 atom stereocenters. The van der Waals surface area contributed by atoms with Crippen LogP contribution in [0.2, 0.25) is 0 Å². The van der Waals surface area contributed by atoms with Gasteiger partial charge in [-0.3, -0.25) is 0 Å². The van der Waals surface area contributed by atoms with Crippen molar-refractivity contribution in [1.82, 2.24) is 0 Å². The van der Waals surface area contributed by atoms with Crippen LogP contribution in [-0.2, 0) is 4.74 Å². The smallest absolute Gasteiger partial charge is 0.338 e. The van der Waals surface area contributed by atoms with Crippen molar-refractivity contribution >= 4 is 5.97 Å². The third-order valence-electron chi connectivity index (χ3n) is 2.02. The Morgan fingerprint density at radius 1 is 1.50 bits per heavy atom. The Morgan fingerprint density at radius 3 is 2.71 bits per heavy atom. The van der Waals surface area contributed by atoms with Gasteiger partial charge >= 0.3 is 5.97 Å². The summed E-state index contributed by atoms with van der Waals surface area (Å²) in [5.41, 5.74) is 12.4. The molecule has 1 aromatic carbocycles. The molecule has 0 amide bonds. The molecule has 0 heterocycles. The minimum atomic E-state index is -0.385. The Hall–Kier alpha value is -1.39. The van der Waals surface area contributed by atoms with E-state index in [1.54, 1.807) is 18.2 Å². The minimum Gasteiger partial charge on any atom is -0.465 e. The Morgan fingerprint density at radius 2 is 2.14 bits per heavy atom. The van der Waals surface area contributed by atoms with Gasteiger partial charge in [0.15, 0.2) is 0 Å². The van der Waals surface area contributed by atoms with Gasteiger partial charge in [-0.25, -0.2) is 4.79 Å². The highest BCUT2D eigenvalue weighted by Gasteiger charge is 2.14. The molecule has 4 nitrogen and oxygen atoms in total. The molecule has 14 heavy (non-hydrogen) atoms. The summed E-state index contributed by atoms with van der Waals surface area (Å²) in [6.45, 7) is 0.300. The Balaban J connectivity index is 3.09. The fourth-order valence-corrected chi connectivity index (χ4v) is 1.24. The number of carbonyl (C=O) groups excluding carboxylic acids is 1. The van der Waals surface area contributed by atoms with Gasteiger partial charge < -0.3 is 16.2 Å². The molecule has 0 aromatic heterocycles. The molecule has 1 rings (SSSR count). The molecule has 4 N–H and O–H groups in total. The molecule has 0 spiro atoms. The van der Waals surface area contributed by atoms with Crippen LogP contribution in [0, 0.1) is 0 Å². The molecule has 0 saturated carbocycles. The lowest BCUT2D eigenvalue weighted by atomic mass is 10.0. The second kappa shape index (κ2) is 4.74. The molecule has 0 aliphatic carbocycles. The maximum absolute atomic E-state index is 11.3. The van der Waals surface area contributed by atoms with Gasteiger partial charge in [0.2, 0.25) is 0 Å². The van der Waals surface area contributed by atoms with Crippen molar-refractivity contribution in [2.45, 2.75) is 6.04 Å². The summed E-state index contributed by atoms with van der Waals surface area (Å²) < 4.78 is 4.64. The van der Waals surface area contributed by atoms with Crippen LogP contribution in [0.15, 0.2) is 24.3 Å². The minimum absolute atomic E-state index is 0.300. The van der Waals surface area contributed by atoms with E-state index in [1.165, 1.54) is 7.11 Å². The average Bonchev–Trinajstić information content (AvgIpc) is 2.27. The first-order chi connectivity index (χ1) is 6.70. The highest BCUT2D eigenvalue weighted by atomic mass is 16.5. The first kappa shape index (κ1) is 10.7. The topological polar surface area (TPSA) is 78.3 Å². The SMILES string of the molecule is COC(=O)c1ccccc1C(N)CN. The molecule has 1 unspecified atom stereocenters. The zero-order valence-electron chi connectivity index (χ0n) is 8.07. The number of methoxy groups -OCH3 is 1. The molecule has 0 saturated heterocycles. The fraction of sp³-hybridized carbons (Fsp3) is 0.300. The molecule has 4 heteroatoms. The summed E-state index contributed by atoms with van der Waals surface area (Å²) in [5.74, 6) is -0.385. The maximum atomic E-state index is 11.3. The largest absolute Gasteiger partial charge is 0.465 e. The van der Waals surface area contributed by atoms with Crippen molar-refractivity contribution < 1.29 is 9.53 Å². The van der Waals surface area contributed by atoms with E-state index < -0.39 is 0 Å². The summed E-state index contributed by atoms with van der Waals surface area (Å²) in [7, 11) is 1.34. The summed E-state index contributed by atoms with van der Waals surface area (Å²) in [6.07, 6.45) is 0. The van der Waals surface area contributed by atoms with E-state index in [4.69, 9.17) is 11.5 Å². The second-order valence-corrected chi connectivity index (χ2v) is 2.92. The quantitative estimate of drug-likeness (QED) is 0.684. The van der Waals surface area contributed by atoms with Crippen molar-refractivity contribution in [2.24, 2.45) is 11.5 Å². The molecule has 0 aliphatic rings. The van der Waals surface area contributed by atoms with E-state index in [1.807, 2.05) is 6.07 Å². The zero-order chi connectivity index (χ0) is 10.6. The number of esters is 1. The zero-order valence-corrected chi connectivity index (χ0v) is 8.07. The van der Waals surface area contributed by atoms with Gasteiger partial charge in [0, 0.05) is 12.6 Å². The lowest BCUT2D eigenvalue weighted by molar-refractivity contribution is 0.0599. The average molecular weight is 194 g/mol. The van der Waals surface area contributed by atoms with E-state index in [-0.39, 0.29) is 12.0 Å². The van der Waals surface area contributed by atoms with Gasteiger partial charge in [-0.05, 0) is 11.6 Å². The van der Waals surface area contributed by atoms with Crippen LogP contribution in [0.25, 0.3) is 0 Å². The molecule has 0 aliphatic heterocycles. The molecule has 0 radical (unpaired) electrons. The van der Waals surface area contributed by atoms with Gasteiger partial charge in [0.05, 0.1) is 12.7 Å². The third-order valence-corrected chi connectivity index (χ3v) is 2.02. The van der Waals surface area contributed by atoms with E-state index >= 15 is 0 Å². The highest BCUT2D eigenvalue weighted by molar-refractivity contribution is 5.91. The van der Waals surface area contributed by atoms with E-state index in [0.717, 1.165) is 5.56 Å². The first-order valence-electron chi connectivity index (χ1n) is 4.33. The number of ether oxygens (including phenoxy) is 1. The summed E-state index contributed by atoms with van der Waals surface area (Å²) in [4.78, 5) is 11.3. The fourth-order valence-electron chi connectivity index (χ4n) is 1.24. The lowest BCUT2D eigenvalue weighted by Gasteiger charge is -2.12. The Kier molecular flexibility index (Phi) is 3.62. The number of hydrogen-bond donors (Lipinski definition) is 2. The predicted octanol–water partition coefficient (Wildman–Crippen LogP) is 0.432. The van der Waals surface area contributed by atoms with Crippen molar-refractivity contribution in [1.29, 1.82) is 0 Å². The lowest BCUT2D eigenvalue weighted by Crippen LogP contribution is -2.23. The van der Waals surface area contributed by atoms with Crippen LogP contribution in [0.4, 0.5) is 0 Å². The monoisotopic (exact) mass is 194 g/mol. The number of benzene rings is 1. The maximum Gasteiger partial charge on any atom is 0.338 e. The summed E-state index contributed by atoms with van der Waals surface area (Å²) in [5, 5.41) is 0. The number of carbonyl (C=O) groups is 1. The van der Waals surface area contributed by atoms with Gasteiger partial charge in [0.25, 0.3) is 0 Å². The Bertz CT molecular complexity index is 326. The van der Waals surface area contributed by atoms with Crippen molar-refractivity contribution in [2.75, 3.05) is 13.7 Å². The number of rotatable bonds is 3. The summed E-state index contributed by atoms with van der Waals surface area (Å²) >= 11 is 0. The van der Waals surface area contributed by atoms with E-state index in [2.05, 4.69) is 4.74 Å². The van der Waals surface area contributed by atoms with Crippen LogP contribution in [-0.4, -0.2) is 19.6 Å².